The molecule has 0 aromatic carbocycles. The first kappa shape index (κ1) is 10.0. The predicted molar refractivity (Wildman–Crippen MR) is 57.7 cm³/mol. The van der Waals surface area contributed by atoms with E-state index in [0.29, 0.717) is 5.71 Å². The van der Waals surface area contributed by atoms with Crippen molar-refractivity contribution in [3.8, 4) is 23.8 Å². The summed E-state index contributed by atoms with van der Waals surface area (Å²) < 4.78 is 0. The molecule has 1 heterocycles. The van der Waals surface area contributed by atoms with E-state index >= 15 is 0 Å². The number of nitrogens with zero attached hydrogens (tertiary/aromatic N) is 2. The summed E-state index contributed by atoms with van der Waals surface area (Å²) >= 11 is 0. The van der Waals surface area contributed by atoms with Gasteiger partial charge in [-0.1, -0.05) is 17.9 Å². The van der Waals surface area contributed by atoms with Crippen LogP contribution in [-0.4, -0.2) is 10.7 Å². The zero-order valence-corrected chi connectivity index (χ0v) is 8.20. The molecule has 0 saturated heterocycles. The molecule has 1 aromatic rings. The fraction of sp³-hybridized carbons (Fsp3) is 0.167. The smallest absolute Gasteiger partial charge is 0.149 e. The lowest BCUT2D eigenvalue weighted by atomic mass is 10.2. The molecular formula is C12H10N2. The SMILES string of the molecule is CC#CN=C(C#CC)c1ccccn1. The van der Waals surface area contributed by atoms with Gasteiger partial charge in [-0.05, 0) is 31.9 Å². The molecule has 0 unspecified atom stereocenters. The Balaban J connectivity index is 3.09. The molecule has 0 radical (unpaired) electrons. The summed E-state index contributed by atoms with van der Waals surface area (Å²) in [6.45, 7) is 3.50. The maximum atomic E-state index is 4.15. The molecule has 0 aliphatic rings. The van der Waals surface area contributed by atoms with Gasteiger partial charge in [-0.3, -0.25) is 4.98 Å². The lowest BCUT2D eigenvalue weighted by Crippen LogP contribution is -1.99. The highest BCUT2D eigenvalue weighted by Gasteiger charge is 1.98. The van der Waals surface area contributed by atoms with E-state index in [4.69, 9.17) is 0 Å². The second kappa shape index (κ2) is 5.56. The number of hydrogen-bond donors (Lipinski definition) is 0. The van der Waals surface area contributed by atoms with Gasteiger partial charge in [0.25, 0.3) is 0 Å². The van der Waals surface area contributed by atoms with E-state index in [2.05, 4.69) is 33.8 Å². The Bertz CT molecular complexity index is 436. The van der Waals surface area contributed by atoms with Gasteiger partial charge in [0, 0.05) is 12.2 Å². The van der Waals surface area contributed by atoms with Crippen molar-refractivity contribution in [3.05, 3.63) is 30.1 Å². The molecule has 0 atom stereocenters. The molecule has 68 valence electrons. The van der Waals surface area contributed by atoms with Crippen LogP contribution in [0.25, 0.3) is 0 Å². The maximum absolute atomic E-state index is 4.15. The van der Waals surface area contributed by atoms with Crippen molar-refractivity contribution in [2.45, 2.75) is 13.8 Å². The number of pyridine rings is 1. The molecule has 0 bridgehead atoms. The molecule has 2 heteroatoms. The number of hydrogen-bond acceptors (Lipinski definition) is 2. The highest BCUT2D eigenvalue weighted by molar-refractivity contribution is 6.12. The van der Waals surface area contributed by atoms with Gasteiger partial charge in [-0.2, -0.15) is 4.99 Å². The first-order chi connectivity index (χ1) is 6.88. The third-order valence-electron chi connectivity index (χ3n) is 1.43. The monoisotopic (exact) mass is 182 g/mol. The first-order valence-corrected chi connectivity index (χ1v) is 4.22. The molecule has 0 aliphatic heterocycles. The molecule has 0 aliphatic carbocycles. The van der Waals surface area contributed by atoms with Crippen molar-refractivity contribution in [1.29, 1.82) is 0 Å². The Labute approximate surface area is 84.1 Å². The highest BCUT2D eigenvalue weighted by atomic mass is 14.8. The van der Waals surface area contributed by atoms with Crippen LogP contribution in [0.3, 0.4) is 0 Å². The van der Waals surface area contributed by atoms with Gasteiger partial charge in [-0.25, -0.2) is 0 Å². The van der Waals surface area contributed by atoms with Crippen LogP contribution in [0.2, 0.25) is 0 Å². The van der Waals surface area contributed by atoms with Crippen molar-refractivity contribution in [2.75, 3.05) is 0 Å². The highest BCUT2D eigenvalue weighted by Crippen LogP contribution is 1.95. The second-order valence-electron chi connectivity index (χ2n) is 2.41. The molecule has 0 spiro atoms. The summed E-state index contributed by atoms with van der Waals surface area (Å²) in [5.74, 6) is 8.35. The fourth-order valence-corrected chi connectivity index (χ4v) is 0.882. The van der Waals surface area contributed by atoms with E-state index in [0.717, 1.165) is 5.69 Å². The van der Waals surface area contributed by atoms with E-state index in [1.165, 1.54) is 0 Å². The van der Waals surface area contributed by atoms with Crippen molar-refractivity contribution in [1.82, 2.24) is 4.98 Å². The molecule has 2 nitrogen and oxygen atoms in total. The van der Waals surface area contributed by atoms with Gasteiger partial charge < -0.3 is 0 Å². The van der Waals surface area contributed by atoms with Gasteiger partial charge >= 0.3 is 0 Å². The van der Waals surface area contributed by atoms with E-state index in [1.54, 1.807) is 20.0 Å². The minimum Gasteiger partial charge on any atom is -0.254 e. The van der Waals surface area contributed by atoms with Crippen LogP contribution in [0.5, 0.6) is 0 Å². The average Bonchev–Trinajstić information content (AvgIpc) is 2.25. The number of aliphatic imine (C=N–C) groups is 1. The van der Waals surface area contributed by atoms with Crippen molar-refractivity contribution in [2.24, 2.45) is 4.99 Å². The summed E-state index contributed by atoms with van der Waals surface area (Å²) in [5.41, 5.74) is 1.37. The lowest BCUT2D eigenvalue weighted by molar-refractivity contribution is 1.29. The zero-order valence-electron chi connectivity index (χ0n) is 8.20. The van der Waals surface area contributed by atoms with Gasteiger partial charge in [0.1, 0.15) is 5.71 Å². The van der Waals surface area contributed by atoms with Crippen LogP contribution in [0.15, 0.2) is 29.4 Å². The Kier molecular flexibility index (Phi) is 3.98. The van der Waals surface area contributed by atoms with E-state index in [-0.39, 0.29) is 0 Å². The van der Waals surface area contributed by atoms with Crippen LogP contribution in [0.1, 0.15) is 19.5 Å². The fourth-order valence-electron chi connectivity index (χ4n) is 0.882. The van der Waals surface area contributed by atoms with Crippen LogP contribution in [0, 0.1) is 23.8 Å². The normalized spacial score (nSPS) is 9.43. The van der Waals surface area contributed by atoms with Crippen LogP contribution in [0.4, 0.5) is 0 Å². The third kappa shape index (κ3) is 2.77. The maximum Gasteiger partial charge on any atom is 0.149 e. The third-order valence-corrected chi connectivity index (χ3v) is 1.43. The summed E-state index contributed by atoms with van der Waals surface area (Å²) in [4.78, 5) is 8.17. The Morgan fingerprint density at radius 3 is 2.71 bits per heavy atom. The first-order valence-electron chi connectivity index (χ1n) is 4.22. The Hall–Kier alpha value is -2.06. The second-order valence-corrected chi connectivity index (χ2v) is 2.41. The van der Waals surface area contributed by atoms with Gasteiger partial charge in [0.05, 0.1) is 5.69 Å². The Morgan fingerprint density at radius 1 is 1.29 bits per heavy atom. The molecular weight excluding hydrogens is 172 g/mol. The molecule has 0 N–H and O–H groups in total. The summed E-state index contributed by atoms with van der Waals surface area (Å²) in [7, 11) is 0. The summed E-state index contributed by atoms with van der Waals surface area (Å²) in [6.07, 6.45) is 1.71. The average molecular weight is 182 g/mol. The predicted octanol–water partition coefficient (Wildman–Crippen LogP) is 1.87. The van der Waals surface area contributed by atoms with Crippen LogP contribution >= 0.6 is 0 Å². The number of rotatable bonds is 1. The van der Waals surface area contributed by atoms with Crippen molar-refractivity contribution >= 4 is 5.71 Å². The van der Waals surface area contributed by atoms with Gasteiger partial charge in [-0.15, -0.1) is 0 Å². The molecule has 0 saturated carbocycles. The topological polar surface area (TPSA) is 25.2 Å². The van der Waals surface area contributed by atoms with Crippen LogP contribution in [-0.2, 0) is 0 Å². The largest absolute Gasteiger partial charge is 0.254 e. The summed E-state index contributed by atoms with van der Waals surface area (Å²) in [5, 5.41) is 0. The lowest BCUT2D eigenvalue weighted by Gasteiger charge is -1.93. The number of aromatic nitrogens is 1. The summed E-state index contributed by atoms with van der Waals surface area (Å²) in [6, 6.07) is 8.24. The molecule has 14 heavy (non-hydrogen) atoms. The standard InChI is InChI=1S/C12H10N2/c1-3-7-11(13-9-4-2)12-8-5-6-10-14-12/h5-6,8,10H,1-2H3. The van der Waals surface area contributed by atoms with Gasteiger partial charge in [0.15, 0.2) is 0 Å². The quantitative estimate of drug-likeness (QED) is 0.481. The van der Waals surface area contributed by atoms with Crippen molar-refractivity contribution in [3.63, 3.8) is 0 Å². The molecule has 0 fully saturated rings. The Morgan fingerprint density at radius 2 is 2.14 bits per heavy atom. The minimum absolute atomic E-state index is 0.613. The van der Waals surface area contributed by atoms with Gasteiger partial charge in [0.2, 0.25) is 0 Å². The van der Waals surface area contributed by atoms with Crippen molar-refractivity contribution < 1.29 is 0 Å². The van der Waals surface area contributed by atoms with E-state index < -0.39 is 0 Å². The van der Waals surface area contributed by atoms with E-state index in [1.807, 2.05) is 18.2 Å². The molecule has 0 amide bonds. The van der Waals surface area contributed by atoms with E-state index in [9.17, 15) is 0 Å². The molecule has 1 rings (SSSR count). The minimum atomic E-state index is 0.613. The zero-order chi connectivity index (χ0) is 10.2. The van der Waals surface area contributed by atoms with Crippen LogP contribution < -0.4 is 0 Å². The molecule has 1 aromatic heterocycles.